The molecule has 3 aliphatic rings. The number of rotatable bonds is 9. The van der Waals surface area contributed by atoms with E-state index in [4.69, 9.17) is 16.3 Å². The van der Waals surface area contributed by atoms with Crippen LogP contribution in [0.15, 0.2) is 49.6 Å². The normalized spacial score (nSPS) is 31.7. The third-order valence-corrected chi connectivity index (χ3v) is 10.5. The Labute approximate surface area is 222 Å². The highest BCUT2D eigenvalue weighted by Crippen LogP contribution is 2.68. The summed E-state index contributed by atoms with van der Waals surface area (Å²) in [5, 5.41) is 10.3. The molecule has 1 spiro atoms. The summed E-state index contributed by atoms with van der Waals surface area (Å²) in [5.41, 5.74) is 0.623. The number of carbonyl (C=O) groups is 3. The van der Waals surface area contributed by atoms with Crippen molar-refractivity contribution >= 4 is 62.8 Å². The Morgan fingerprint density at radius 1 is 1.37 bits per heavy atom. The lowest BCUT2D eigenvalue weighted by Gasteiger charge is -2.39. The fraction of sp³-hybridized carbons (Fsp3) is 0.480. The predicted octanol–water partition coefficient (Wildman–Crippen LogP) is 3.43. The smallest absolute Gasteiger partial charge is 0.311 e. The van der Waals surface area contributed by atoms with Crippen LogP contribution in [0.4, 0.5) is 5.69 Å². The Balaban J connectivity index is 1.80. The zero-order chi connectivity index (χ0) is 25.5. The maximum absolute atomic E-state index is 14.3. The number of aliphatic hydroxyl groups excluding tert-OH is 1. The second-order valence-electron chi connectivity index (χ2n) is 9.07. The van der Waals surface area contributed by atoms with Gasteiger partial charge in [-0.3, -0.25) is 14.4 Å². The van der Waals surface area contributed by atoms with Gasteiger partial charge in [0.25, 0.3) is 5.91 Å². The van der Waals surface area contributed by atoms with Crippen LogP contribution >= 0.6 is 39.3 Å². The molecule has 1 aromatic rings. The minimum Gasteiger partial charge on any atom is -0.461 e. The number of hydrogen-bond acceptors (Lipinski definition) is 6. The van der Waals surface area contributed by atoms with Crippen molar-refractivity contribution in [3.05, 3.63) is 54.6 Å². The zero-order valence-electron chi connectivity index (χ0n) is 19.3. The molecule has 3 saturated heterocycles. The van der Waals surface area contributed by atoms with Crippen molar-refractivity contribution in [2.24, 2.45) is 11.8 Å². The SMILES string of the molecule is C=CCOC(=O)[C@H]1[C@@H]2SC3(CC2Br)C(C(=O)N(CC=C)c2ccc(Cl)cc2)N([C@H](C)CO)C(=O)[C@H]13. The highest BCUT2D eigenvalue weighted by Gasteiger charge is 2.76. The number of amides is 2. The monoisotopic (exact) mass is 582 g/mol. The molecule has 0 aromatic heterocycles. The summed E-state index contributed by atoms with van der Waals surface area (Å²) in [4.78, 5) is 44.3. The summed E-state index contributed by atoms with van der Waals surface area (Å²) in [6, 6.07) is 5.42. The van der Waals surface area contributed by atoms with Gasteiger partial charge in [0, 0.05) is 27.3 Å². The van der Waals surface area contributed by atoms with Gasteiger partial charge in [0.2, 0.25) is 5.91 Å². The summed E-state index contributed by atoms with van der Waals surface area (Å²) < 4.78 is 4.55. The van der Waals surface area contributed by atoms with Crippen LogP contribution in [0, 0.1) is 11.8 Å². The van der Waals surface area contributed by atoms with E-state index in [9.17, 15) is 19.5 Å². The van der Waals surface area contributed by atoms with Crippen LogP contribution in [-0.2, 0) is 19.1 Å². The number of aliphatic hydroxyl groups is 1. The number of hydrogen-bond donors (Lipinski definition) is 1. The van der Waals surface area contributed by atoms with Gasteiger partial charge in [-0.05, 0) is 37.6 Å². The molecule has 1 N–H and O–H groups in total. The van der Waals surface area contributed by atoms with E-state index >= 15 is 0 Å². The summed E-state index contributed by atoms with van der Waals surface area (Å²) in [7, 11) is 0. The van der Waals surface area contributed by atoms with Gasteiger partial charge in [-0.1, -0.05) is 46.3 Å². The standard InChI is InChI=1S/C25H28BrClN2O5S/c1-4-10-28(16-8-6-15(27)7-9-16)23(32)21-25-12-17(26)20(35-25)18(24(33)34-11-5-2)19(25)22(31)29(21)14(3)13-30/h4-9,14,17-21,30H,1-2,10-13H2,3H3/t14-,17?,18-,19+,20-,21?,25?/m1/s1. The molecule has 7 atom stereocenters. The van der Waals surface area contributed by atoms with E-state index < -0.39 is 34.6 Å². The maximum Gasteiger partial charge on any atom is 0.311 e. The van der Waals surface area contributed by atoms with Crippen LogP contribution in [0.2, 0.25) is 5.02 Å². The average Bonchev–Trinajstić information content (AvgIpc) is 3.44. The number of benzene rings is 1. The summed E-state index contributed by atoms with van der Waals surface area (Å²) >= 11 is 11.3. The second-order valence-corrected chi connectivity index (χ2v) is 12.2. The number of esters is 1. The fourth-order valence-corrected chi connectivity index (χ4v) is 9.34. The number of likely N-dealkylation sites (tertiary alicyclic amines) is 1. The zero-order valence-corrected chi connectivity index (χ0v) is 22.5. The number of alkyl halides is 1. The number of ether oxygens (including phenoxy) is 1. The van der Waals surface area contributed by atoms with Gasteiger partial charge < -0.3 is 19.6 Å². The van der Waals surface area contributed by atoms with Gasteiger partial charge in [-0.2, -0.15) is 0 Å². The Hall–Kier alpha value is -1.81. The quantitative estimate of drug-likeness (QED) is 0.272. The number of anilines is 1. The molecule has 3 heterocycles. The molecule has 1 aromatic carbocycles. The highest BCUT2D eigenvalue weighted by molar-refractivity contribution is 9.09. The van der Waals surface area contributed by atoms with Gasteiger partial charge in [-0.25, -0.2) is 0 Å². The second kappa shape index (κ2) is 10.3. The third kappa shape index (κ3) is 4.24. The summed E-state index contributed by atoms with van der Waals surface area (Å²) in [6.07, 6.45) is 3.65. The van der Waals surface area contributed by atoms with Crippen LogP contribution in [0.1, 0.15) is 13.3 Å². The molecule has 10 heteroatoms. The van der Waals surface area contributed by atoms with Crippen LogP contribution in [0.25, 0.3) is 0 Å². The minimum atomic E-state index is -0.870. The number of thioether (sulfide) groups is 1. The molecule has 7 nitrogen and oxygen atoms in total. The van der Waals surface area contributed by atoms with E-state index in [0.717, 1.165) is 0 Å². The van der Waals surface area contributed by atoms with Crippen molar-refractivity contribution in [1.29, 1.82) is 0 Å². The van der Waals surface area contributed by atoms with Gasteiger partial charge in [0.05, 0.1) is 29.2 Å². The molecule has 3 unspecified atom stereocenters. The molecule has 3 aliphatic heterocycles. The van der Waals surface area contributed by atoms with E-state index in [1.54, 1.807) is 42.2 Å². The number of nitrogens with zero attached hydrogens (tertiary/aromatic N) is 2. The first-order valence-electron chi connectivity index (χ1n) is 11.4. The van der Waals surface area contributed by atoms with Crippen molar-refractivity contribution < 1.29 is 24.2 Å². The summed E-state index contributed by atoms with van der Waals surface area (Å²) in [6.45, 7) is 9.08. The Kier molecular flexibility index (Phi) is 7.71. The van der Waals surface area contributed by atoms with Crippen molar-refractivity contribution in [3.8, 4) is 0 Å². The highest BCUT2D eigenvalue weighted by atomic mass is 79.9. The molecule has 3 fully saturated rings. The first kappa shape index (κ1) is 26.3. The minimum absolute atomic E-state index is 0.0520. The van der Waals surface area contributed by atoms with Crippen molar-refractivity contribution in [3.63, 3.8) is 0 Å². The summed E-state index contributed by atoms with van der Waals surface area (Å²) in [5.74, 6) is -2.45. The lowest BCUT2D eigenvalue weighted by Crippen LogP contribution is -2.57. The predicted molar refractivity (Wildman–Crippen MR) is 141 cm³/mol. The van der Waals surface area contributed by atoms with E-state index in [2.05, 4.69) is 29.1 Å². The van der Waals surface area contributed by atoms with E-state index in [1.807, 2.05) is 0 Å². The fourth-order valence-electron chi connectivity index (χ4n) is 5.64. The Morgan fingerprint density at radius 2 is 2.06 bits per heavy atom. The van der Waals surface area contributed by atoms with Crippen LogP contribution < -0.4 is 4.90 Å². The molecular weight excluding hydrogens is 556 g/mol. The molecule has 0 aliphatic carbocycles. The molecule has 2 amide bonds. The van der Waals surface area contributed by atoms with Gasteiger partial charge in [0.1, 0.15) is 12.6 Å². The molecule has 0 saturated carbocycles. The third-order valence-electron chi connectivity index (χ3n) is 7.03. The van der Waals surface area contributed by atoms with E-state index in [-0.39, 0.29) is 41.6 Å². The molecular formula is C25H28BrClN2O5S. The lowest BCUT2D eigenvalue weighted by molar-refractivity contribution is -0.153. The Morgan fingerprint density at radius 3 is 2.66 bits per heavy atom. The van der Waals surface area contributed by atoms with Crippen LogP contribution in [-0.4, -0.2) is 74.5 Å². The molecule has 0 radical (unpaired) electrons. The van der Waals surface area contributed by atoms with Gasteiger partial charge >= 0.3 is 5.97 Å². The van der Waals surface area contributed by atoms with E-state index in [0.29, 0.717) is 17.1 Å². The Bertz CT molecular complexity index is 1040. The van der Waals surface area contributed by atoms with E-state index in [1.165, 1.54) is 22.7 Å². The molecule has 188 valence electrons. The van der Waals surface area contributed by atoms with Crippen molar-refractivity contribution in [2.45, 2.75) is 40.3 Å². The van der Waals surface area contributed by atoms with Crippen LogP contribution in [0.3, 0.4) is 0 Å². The first-order valence-corrected chi connectivity index (χ1v) is 13.6. The number of halogens is 2. The molecule has 35 heavy (non-hydrogen) atoms. The molecule has 2 bridgehead atoms. The lowest BCUT2D eigenvalue weighted by atomic mass is 9.71. The van der Waals surface area contributed by atoms with Crippen molar-refractivity contribution in [1.82, 2.24) is 4.90 Å². The average molecular weight is 584 g/mol. The molecule has 4 rings (SSSR count). The first-order chi connectivity index (χ1) is 16.7. The topological polar surface area (TPSA) is 87.2 Å². The van der Waals surface area contributed by atoms with Gasteiger partial charge in [0.15, 0.2) is 0 Å². The van der Waals surface area contributed by atoms with Crippen LogP contribution in [0.5, 0.6) is 0 Å². The largest absolute Gasteiger partial charge is 0.461 e. The maximum atomic E-state index is 14.3. The number of carbonyl (C=O) groups excluding carboxylic acids is 3. The number of fused-ring (bicyclic) bond motifs is 1. The van der Waals surface area contributed by atoms with Gasteiger partial charge in [-0.15, -0.1) is 18.3 Å². The van der Waals surface area contributed by atoms with Crippen molar-refractivity contribution in [2.75, 3.05) is 24.7 Å².